The fourth-order valence-corrected chi connectivity index (χ4v) is 2.16. The van der Waals surface area contributed by atoms with Gasteiger partial charge in [-0.05, 0) is 38.8 Å². The maximum absolute atomic E-state index is 2.44. The quantitative estimate of drug-likeness (QED) is 0.589. The average molecular weight is 182 g/mol. The normalized spacial score (nSPS) is 24.9. The van der Waals surface area contributed by atoms with E-state index < -0.39 is 0 Å². The minimum Gasteiger partial charge on any atom is -0.302 e. The number of rotatable bonds is 5. The lowest BCUT2D eigenvalue weighted by atomic mass is 9.92. The number of nitrogens with zero attached hydrogens (tertiary/aromatic N) is 1. The Kier molecular flexibility index (Phi) is 5.45. The van der Waals surface area contributed by atoms with Gasteiger partial charge in [-0.1, -0.05) is 32.6 Å². The second-order valence-corrected chi connectivity index (χ2v) is 4.38. The highest BCUT2D eigenvalue weighted by molar-refractivity contribution is 4.80. The second kappa shape index (κ2) is 6.42. The molecule has 1 nitrogen and oxygen atoms in total. The van der Waals surface area contributed by atoms with E-state index in [0.717, 1.165) is 5.92 Å². The van der Waals surface area contributed by atoms with Crippen LogP contribution in [0.4, 0.5) is 0 Å². The number of piperidine rings is 1. The molecule has 0 spiro atoms. The third-order valence-electron chi connectivity index (χ3n) is 2.98. The Morgan fingerprint density at radius 2 is 2.15 bits per heavy atom. The number of likely N-dealkylation sites (tertiary alicyclic amines) is 1. The van der Waals surface area contributed by atoms with Gasteiger partial charge in [0, 0.05) is 6.54 Å². The van der Waals surface area contributed by atoms with Crippen LogP contribution >= 0.6 is 0 Å². The van der Waals surface area contributed by atoms with Gasteiger partial charge in [0.1, 0.15) is 0 Å². The third-order valence-corrected chi connectivity index (χ3v) is 2.98. The predicted octanol–water partition coefficient (Wildman–Crippen LogP) is 3.46. The smallest absolute Gasteiger partial charge is 0.0279 e. The lowest BCUT2D eigenvalue weighted by Crippen LogP contribution is -2.27. The molecule has 1 aliphatic rings. The zero-order chi connectivity index (χ0) is 9.52. The molecule has 77 valence electrons. The summed E-state index contributed by atoms with van der Waals surface area (Å²) in [6.45, 7) is 5.99. The minimum absolute atomic E-state index is 0.885. The average Bonchev–Trinajstić information content (AvgIpc) is 2.13. The molecule has 0 aliphatic carbocycles. The van der Waals surface area contributed by atoms with E-state index in [0.29, 0.717) is 0 Å². The van der Waals surface area contributed by atoms with Crippen molar-refractivity contribution in [1.82, 2.24) is 4.90 Å². The topological polar surface area (TPSA) is 3.24 Å². The largest absolute Gasteiger partial charge is 0.302 e. The van der Waals surface area contributed by atoms with Gasteiger partial charge in [-0.25, -0.2) is 0 Å². The molecule has 0 aromatic rings. The van der Waals surface area contributed by atoms with Gasteiger partial charge in [-0.15, -0.1) is 0 Å². The summed E-state index contributed by atoms with van der Waals surface area (Å²) in [6, 6.07) is 0. The van der Waals surface area contributed by atoms with Gasteiger partial charge in [-0.2, -0.15) is 0 Å². The first-order chi connectivity index (χ1) is 6.33. The van der Waals surface area contributed by atoms with E-state index in [9.17, 15) is 0 Å². The third kappa shape index (κ3) is 4.66. The summed E-state index contributed by atoms with van der Waals surface area (Å²) in [5.41, 5.74) is 0. The predicted molar refractivity (Wildman–Crippen MR) is 58.4 cm³/mol. The van der Waals surface area contributed by atoms with Crippen LogP contribution in [0.15, 0.2) is 0 Å². The maximum Gasteiger partial charge on any atom is 0.0279 e. The summed E-state index contributed by atoms with van der Waals surface area (Å²) in [7, 11) is 2.21. The molecular weight excluding hydrogens is 158 g/mol. The Morgan fingerprint density at radius 3 is 2.85 bits per heavy atom. The Labute approximate surface area is 83.5 Å². The molecule has 0 unspecified atom stereocenters. The van der Waals surface area contributed by atoms with Gasteiger partial charge in [0.15, 0.2) is 0 Å². The first-order valence-electron chi connectivity index (χ1n) is 5.88. The van der Waals surface area contributed by atoms with Crippen molar-refractivity contribution in [2.45, 2.75) is 51.9 Å². The van der Waals surface area contributed by atoms with Crippen LogP contribution in [-0.2, 0) is 0 Å². The van der Waals surface area contributed by atoms with E-state index in [2.05, 4.69) is 25.4 Å². The molecule has 0 N–H and O–H groups in total. The van der Waals surface area contributed by atoms with Gasteiger partial charge in [0.25, 0.3) is 0 Å². The van der Waals surface area contributed by atoms with Crippen LogP contribution < -0.4 is 0 Å². The molecule has 0 bridgehead atoms. The molecule has 1 fully saturated rings. The van der Waals surface area contributed by atoms with Crippen molar-refractivity contribution >= 4 is 0 Å². The van der Waals surface area contributed by atoms with Crippen LogP contribution in [0, 0.1) is 12.5 Å². The summed E-state index contributed by atoms with van der Waals surface area (Å²) < 4.78 is 0. The zero-order valence-electron chi connectivity index (χ0n) is 9.26. The summed E-state index contributed by atoms with van der Waals surface area (Å²) >= 11 is 0. The minimum atomic E-state index is 0.885. The fourth-order valence-electron chi connectivity index (χ4n) is 2.16. The Hall–Kier alpha value is -0.0400. The standard InChI is InChI=1S/C12H24N/c1-3-4-5-6-8-12-9-7-10-13(2)11-12/h11-12H,3-10H2,1-2H3/t12-/m1/s1. The molecular formula is C12H24N. The van der Waals surface area contributed by atoms with Crippen LogP contribution in [0.2, 0.25) is 0 Å². The first kappa shape index (κ1) is 11.0. The second-order valence-electron chi connectivity index (χ2n) is 4.38. The molecule has 0 aromatic carbocycles. The summed E-state index contributed by atoms with van der Waals surface area (Å²) in [4.78, 5) is 2.37. The van der Waals surface area contributed by atoms with Crippen LogP contribution in [-0.4, -0.2) is 18.5 Å². The van der Waals surface area contributed by atoms with Crippen molar-refractivity contribution in [3.63, 3.8) is 0 Å². The van der Waals surface area contributed by atoms with Crippen LogP contribution in [0.25, 0.3) is 0 Å². The highest BCUT2D eigenvalue weighted by Crippen LogP contribution is 2.24. The highest BCUT2D eigenvalue weighted by Gasteiger charge is 2.16. The molecule has 1 atom stereocenters. The Balaban J connectivity index is 2.00. The molecule has 1 saturated heterocycles. The SMILES string of the molecule is CCCCCC[C@H]1[CH]N(C)CCC1. The van der Waals surface area contributed by atoms with E-state index >= 15 is 0 Å². The van der Waals surface area contributed by atoms with E-state index in [1.165, 1.54) is 51.5 Å². The lowest BCUT2D eigenvalue weighted by molar-refractivity contribution is 0.258. The van der Waals surface area contributed by atoms with Crippen molar-refractivity contribution in [2.24, 2.45) is 5.92 Å². The Morgan fingerprint density at radius 1 is 1.31 bits per heavy atom. The summed E-state index contributed by atoms with van der Waals surface area (Å²) in [5, 5.41) is 0. The number of hydrogen-bond donors (Lipinski definition) is 0. The first-order valence-corrected chi connectivity index (χ1v) is 5.88. The molecule has 1 aliphatic heterocycles. The highest BCUT2D eigenvalue weighted by atomic mass is 15.1. The molecule has 0 saturated carbocycles. The van der Waals surface area contributed by atoms with Crippen molar-refractivity contribution in [2.75, 3.05) is 13.6 Å². The Bertz CT molecular complexity index is 122. The van der Waals surface area contributed by atoms with Crippen molar-refractivity contribution in [3.8, 4) is 0 Å². The monoisotopic (exact) mass is 182 g/mol. The molecule has 0 amide bonds. The van der Waals surface area contributed by atoms with Crippen LogP contribution in [0.1, 0.15) is 51.9 Å². The molecule has 0 aromatic heterocycles. The summed E-state index contributed by atoms with van der Waals surface area (Å²) in [5.74, 6) is 0.885. The van der Waals surface area contributed by atoms with Gasteiger partial charge in [0.05, 0.1) is 0 Å². The number of hydrogen-bond acceptors (Lipinski definition) is 1. The van der Waals surface area contributed by atoms with E-state index in [4.69, 9.17) is 0 Å². The van der Waals surface area contributed by atoms with Gasteiger partial charge < -0.3 is 4.90 Å². The van der Waals surface area contributed by atoms with E-state index in [-0.39, 0.29) is 0 Å². The fraction of sp³-hybridized carbons (Fsp3) is 0.917. The molecule has 1 heterocycles. The van der Waals surface area contributed by atoms with Crippen LogP contribution in [0.3, 0.4) is 0 Å². The molecule has 1 radical (unpaired) electrons. The van der Waals surface area contributed by atoms with Gasteiger partial charge in [-0.3, -0.25) is 0 Å². The maximum atomic E-state index is 2.44. The van der Waals surface area contributed by atoms with E-state index in [1.807, 2.05) is 0 Å². The van der Waals surface area contributed by atoms with Crippen molar-refractivity contribution in [3.05, 3.63) is 6.54 Å². The molecule has 1 heteroatoms. The summed E-state index contributed by atoms with van der Waals surface area (Å²) in [6.07, 6.45) is 9.89. The van der Waals surface area contributed by atoms with Gasteiger partial charge >= 0.3 is 0 Å². The van der Waals surface area contributed by atoms with Crippen LogP contribution in [0.5, 0.6) is 0 Å². The number of unbranched alkanes of at least 4 members (excludes halogenated alkanes) is 3. The van der Waals surface area contributed by atoms with Gasteiger partial charge in [0.2, 0.25) is 0 Å². The zero-order valence-corrected chi connectivity index (χ0v) is 9.26. The molecule has 1 rings (SSSR count). The van der Waals surface area contributed by atoms with Crippen molar-refractivity contribution < 1.29 is 0 Å². The van der Waals surface area contributed by atoms with Crippen molar-refractivity contribution in [1.29, 1.82) is 0 Å². The van der Waals surface area contributed by atoms with E-state index in [1.54, 1.807) is 0 Å². The molecule has 13 heavy (non-hydrogen) atoms. The lowest BCUT2D eigenvalue weighted by Gasteiger charge is -2.29.